The number of hydrogen-bond donors (Lipinski definition) is 1. The fraction of sp³-hybridized carbons (Fsp3) is 0.207. The number of aromatic nitrogens is 1. The first kappa shape index (κ1) is 23.2. The van der Waals surface area contributed by atoms with Gasteiger partial charge in [-0.25, -0.2) is 4.99 Å². The van der Waals surface area contributed by atoms with Gasteiger partial charge in [0.05, 0.1) is 17.7 Å². The molecule has 1 amide bonds. The smallest absolute Gasteiger partial charge is 0.270 e. The maximum absolute atomic E-state index is 13.8. The molecule has 0 saturated carbocycles. The zero-order valence-electron chi connectivity index (χ0n) is 20.6. The minimum atomic E-state index is -1.18. The SMILES string of the molecule is COc1ccc(/C=c2/sc3n(c2=O)[C@@H]2c4ccccc4O[C@](C)(N=3)[C@@H]2C(=O)Nc2ccccc2C)cc1. The molecule has 0 aliphatic carbocycles. The summed E-state index contributed by atoms with van der Waals surface area (Å²) in [6.07, 6.45) is 1.84. The van der Waals surface area contributed by atoms with Crippen molar-refractivity contribution in [2.45, 2.75) is 25.6 Å². The van der Waals surface area contributed by atoms with Crippen LogP contribution < -0.4 is 29.7 Å². The Kier molecular flexibility index (Phi) is 5.49. The Balaban J connectivity index is 1.51. The average Bonchev–Trinajstić information content (AvgIpc) is 3.18. The quantitative estimate of drug-likeness (QED) is 0.454. The highest BCUT2D eigenvalue weighted by atomic mass is 32.1. The molecule has 4 aromatic rings. The van der Waals surface area contributed by atoms with E-state index in [2.05, 4.69) is 5.32 Å². The molecule has 7 nitrogen and oxygen atoms in total. The molecule has 37 heavy (non-hydrogen) atoms. The normalized spacial score (nSPS) is 21.8. The van der Waals surface area contributed by atoms with Crippen molar-refractivity contribution in [3.05, 3.63) is 109 Å². The number of ether oxygens (including phenoxy) is 2. The molecule has 0 radical (unpaired) electrons. The molecule has 3 heterocycles. The van der Waals surface area contributed by atoms with Crippen LogP contribution in [0.2, 0.25) is 0 Å². The number of methoxy groups -OCH3 is 1. The maximum atomic E-state index is 13.8. The highest BCUT2D eigenvalue weighted by Crippen LogP contribution is 2.47. The lowest BCUT2D eigenvalue weighted by molar-refractivity contribution is -0.131. The first-order valence-corrected chi connectivity index (χ1v) is 12.8. The largest absolute Gasteiger partial charge is 0.497 e. The van der Waals surface area contributed by atoms with Crippen molar-refractivity contribution in [1.29, 1.82) is 0 Å². The van der Waals surface area contributed by atoms with Gasteiger partial charge in [0.25, 0.3) is 5.56 Å². The van der Waals surface area contributed by atoms with E-state index in [0.29, 0.717) is 15.1 Å². The Morgan fingerprint density at radius 1 is 1.11 bits per heavy atom. The van der Waals surface area contributed by atoms with E-state index in [4.69, 9.17) is 14.5 Å². The number of anilines is 1. The molecule has 3 aromatic carbocycles. The molecule has 2 aliphatic rings. The molecule has 0 saturated heterocycles. The van der Waals surface area contributed by atoms with E-state index >= 15 is 0 Å². The molecule has 3 atom stereocenters. The molecule has 186 valence electrons. The standard InChI is InChI=1S/C29H25N3O4S/c1-17-8-4-6-10-21(17)30-26(33)24-25-20-9-5-7-11-22(20)36-29(24,2)31-28-32(25)27(34)23(37-28)16-18-12-14-19(35-3)15-13-18/h4-16,24-25H,1-3H3,(H,30,33)/b23-16+/t24-,25+,29-/m0/s1. The van der Waals surface area contributed by atoms with Crippen LogP contribution in [0.3, 0.4) is 0 Å². The van der Waals surface area contributed by atoms with E-state index in [9.17, 15) is 9.59 Å². The van der Waals surface area contributed by atoms with Crippen LogP contribution in [0.15, 0.2) is 82.6 Å². The van der Waals surface area contributed by atoms with Crippen LogP contribution in [0.1, 0.15) is 29.7 Å². The number of amides is 1. The van der Waals surface area contributed by atoms with E-state index in [1.165, 1.54) is 11.3 Å². The summed E-state index contributed by atoms with van der Waals surface area (Å²) in [6.45, 7) is 3.76. The van der Waals surface area contributed by atoms with Gasteiger partial charge in [0.15, 0.2) is 4.80 Å². The summed E-state index contributed by atoms with van der Waals surface area (Å²) >= 11 is 1.30. The number of para-hydroxylation sites is 2. The topological polar surface area (TPSA) is 81.9 Å². The molecule has 2 aliphatic heterocycles. The predicted octanol–water partition coefficient (Wildman–Crippen LogP) is 3.64. The number of carbonyl (C=O) groups is 1. The second-order valence-electron chi connectivity index (χ2n) is 9.37. The number of fused-ring (bicyclic) bond motifs is 6. The highest BCUT2D eigenvalue weighted by molar-refractivity contribution is 7.07. The summed E-state index contributed by atoms with van der Waals surface area (Å²) in [5.74, 6) is 0.371. The van der Waals surface area contributed by atoms with Gasteiger partial charge in [-0.2, -0.15) is 0 Å². The zero-order valence-corrected chi connectivity index (χ0v) is 21.4. The van der Waals surface area contributed by atoms with Gasteiger partial charge in [-0.15, -0.1) is 0 Å². The first-order valence-electron chi connectivity index (χ1n) is 12.0. The summed E-state index contributed by atoms with van der Waals surface area (Å²) in [5, 5.41) is 3.06. The number of rotatable bonds is 4. The van der Waals surface area contributed by atoms with Crippen molar-refractivity contribution < 1.29 is 14.3 Å². The molecule has 2 bridgehead atoms. The van der Waals surface area contributed by atoms with E-state index in [1.807, 2.05) is 92.7 Å². The van der Waals surface area contributed by atoms with Crippen LogP contribution in [-0.2, 0) is 4.79 Å². The number of carbonyl (C=O) groups excluding carboxylic acids is 1. The fourth-order valence-electron chi connectivity index (χ4n) is 5.12. The van der Waals surface area contributed by atoms with Gasteiger partial charge in [-0.1, -0.05) is 59.9 Å². The van der Waals surface area contributed by atoms with Crippen molar-refractivity contribution in [3.8, 4) is 11.5 Å². The van der Waals surface area contributed by atoms with Gasteiger partial charge in [0, 0.05) is 11.3 Å². The maximum Gasteiger partial charge on any atom is 0.270 e. The van der Waals surface area contributed by atoms with E-state index in [0.717, 1.165) is 28.1 Å². The molecule has 0 unspecified atom stereocenters. The van der Waals surface area contributed by atoms with Gasteiger partial charge >= 0.3 is 0 Å². The highest BCUT2D eigenvalue weighted by Gasteiger charge is 2.55. The Morgan fingerprint density at radius 3 is 2.59 bits per heavy atom. The van der Waals surface area contributed by atoms with Gasteiger partial charge in [0.2, 0.25) is 11.6 Å². The Hall–Kier alpha value is -4.17. The molecule has 0 fully saturated rings. The van der Waals surface area contributed by atoms with Crippen molar-refractivity contribution in [2.24, 2.45) is 10.9 Å². The van der Waals surface area contributed by atoms with E-state index in [1.54, 1.807) is 11.7 Å². The summed E-state index contributed by atoms with van der Waals surface area (Å²) in [5.41, 5.74) is 1.97. The van der Waals surface area contributed by atoms with Crippen molar-refractivity contribution in [3.63, 3.8) is 0 Å². The molecule has 6 rings (SSSR count). The lowest BCUT2D eigenvalue weighted by Gasteiger charge is -2.45. The molecular weight excluding hydrogens is 486 g/mol. The summed E-state index contributed by atoms with van der Waals surface area (Å²) in [6, 6.07) is 22.1. The summed E-state index contributed by atoms with van der Waals surface area (Å²) in [7, 11) is 1.62. The van der Waals surface area contributed by atoms with Crippen LogP contribution >= 0.6 is 11.3 Å². The number of aryl methyl sites for hydroxylation is 1. The van der Waals surface area contributed by atoms with E-state index in [-0.39, 0.29) is 11.5 Å². The number of nitrogens with one attached hydrogen (secondary N) is 1. The Labute approximate surface area is 217 Å². The Morgan fingerprint density at radius 2 is 1.84 bits per heavy atom. The number of hydrogen-bond acceptors (Lipinski definition) is 6. The van der Waals surface area contributed by atoms with Crippen molar-refractivity contribution in [2.75, 3.05) is 12.4 Å². The average molecular weight is 512 g/mol. The van der Waals surface area contributed by atoms with Crippen LogP contribution in [0.4, 0.5) is 5.69 Å². The van der Waals surface area contributed by atoms with Crippen LogP contribution in [0, 0.1) is 12.8 Å². The molecule has 8 heteroatoms. The predicted molar refractivity (Wildman–Crippen MR) is 143 cm³/mol. The molecular formula is C29H25N3O4S. The van der Waals surface area contributed by atoms with Gasteiger partial charge < -0.3 is 14.8 Å². The monoisotopic (exact) mass is 511 g/mol. The summed E-state index contributed by atoms with van der Waals surface area (Å²) < 4.78 is 13.8. The minimum absolute atomic E-state index is 0.183. The van der Waals surface area contributed by atoms with E-state index < -0.39 is 17.7 Å². The van der Waals surface area contributed by atoms with Gasteiger partial charge in [-0.05, 0) is 55.3 Å². The van der Waals surface area contributed by atoms with Crippen LogP contribution in [0.25, 0.3) is 6.08 Å². The molecule has 1 aromatic heterocycles. The second-order valence-corrected chi connectivity index (χ2v) is 10.4. The minimum Gasteiger partial charge on any atom is -0.497 e. The zero-order chi connectivity index (χ0) is 25.7. The van der Waals surface area contributed by atoms with Crippen molar-refractivity contribution >= 4 is 29.0 Å². The van der Waals surface area contributed by atoms with Crippen LogP contribution in [-0.4, -0.2) is 23.3 Å². The number of thiazole rings is 1. The van der Waals surface area contributed by atoms with Crippen LogP contribution in [0.5, 0.6) is 11.5 Å². The number of nitrogens with zero attached hydrogens (tertiary/aromatic N) is 2. The second kappa shape index (κ2) is 8.74. The summed E-state index contributed by atoms with van der Waals surface area (Å²) in [4.78, 5) is 33.1. The molecule has 0 spiro atoms. The third-order valence-corrected chi connectivity index (χ3v) is 7.96. The lowest BCUT2D eigenvalue weighted by Crippen LogP contribution is -2.59. The fourth-order valence-corrected chi connectivity index (χ4v) is 6.22. The third kappa shape index (κ3) is 3.84. The Bertz CT molecular complexity index is 1710. The van der Waals surface area contributed by atoms with Crippen molar-refractivity contribution in [1.82, 2.24) is 4.57 Å². The number of benzene rings is 3. The first-order chi connectivity index (χ1) is 17.9. The molecule has 1 N–H and O–H groups in total. The third-order valence-electron chi connectivity index (χ3n) is 6.98. The van der Waals surface area contributed by atoms with Gasteiger partial charge in [0.1, 0.15) is 17.4 Å². The lowest BCUT2D eigenvalue weighted by atomic mass is 9.80. The van der Waals surface area contributed by atoms with Gasteiger partial charge in [-0.3, -0.25) is 14.2 Å².